The molecule has 0 amide bonds. The molecule has 0 spiro atoms. The Morgan fingerprint density at radius 2 is 2.89 bits per heavy atom. The van der Waals surface area contributed by atoms with Gasteiger partial charge in [0.1, 0.15) is 6.61 Å². The lowest BCUT2D eigenvalue weighted by molar-refractivity contribution is -0.127. The number of nitrogens with one attached hydrogen (secondary N) is 1. The highest BCUT2D eigenvalue weighted by Crippen LogP contribution is 2.11. The Morgan fingerprint density at radius 3 is 3.44 bits per heavy atom. The van der Waals surface area contributed by atoms with Crippen LogP contribution in [0.3, 0.4) is 0 Å². The molecule has 1 aliphatic rings. The van der Waals surface area contributed by atoms with E-state index in [4.69, 9.17) is 0 Å². The lowest BCUT2D eigenvalue weighted by atomic mass is 10.5. The molecule has 50 valence electrons. The second-order valence-corrected chi connectivity index (χ2v) is 2.40. The number of ether oxygens (including phenoxy) is 1. The van der Waals surface area contributed by atoms with Gasteiger partial charge in [0.25, 0.3) is 6.47 Å². The molecule has 0 fully saturated rings. The monoisotopic (exact) mass is 145 g/mol. The van der Waals surface area contributed by atoms with Crippen LogP contribution in [0.2, 0.25) is 0 Å². The number of rotatable bonds is 3. The van der Waals surface area contributed by atoms with E-state index in [-0.39, 0.29) is 0 Å². The average molecular weight is 145 g/mol. The summed E-state index contributed by atoms with van der Waals surface area (Å²) in [4.78, 5) is 9.68. The van der Waals surface area contributed by atoms with E-state index in [2.05, 4.69) is 10.1 Å². The molecule has 3 nitrogen and oxygen atoms in total. The first-order valence-corrected chi connectivity index (χ1v) is 3.58. The molecule has 0 aromatic rings. The molecule has 4 heteroatoms. The van der Waals surface area contributed by atoms with Gasteiger partial charge in [-0.3, -0.25) is 4.79 Å². The number of hydrogen-bond acceptors (Lipinski definition) is 4. The fourth-order valence-corrected chi connectivity index (χ4v) is 1.23. The number of carbonyl (C=O) groups is 1. The van der Waals surface area contributed by atoms with Crippen molar-refractivity contribution >= 4 is 18.2 Å². The molecule has 0 aliphatic carbocycles. The summed E-state index contributed by atoms with van der Waals surface area (Å²) < 4.78 is 4.49. The van der Waals surface area contributed by atoms with Crippen molar-refractivity contribution in [2.75, 3.05) is 12.5 Å². The molecule has 0 radical (unpaired) electrons. The van der Waals surface area contributed by atoms with E-state index in [0.29, 0.717) is 13.1 Å². The second kappa shape index (κ2) is 3.40. The number of carbonyl (C=O) groups excluding carboxylic acids is 1. The molecule has 0 saturated carbocycles. The standard InChI is InChI=1S/C5H7NO2S/c7-4-8-1-5-2-9-3-6-5/h2,4,6H,1,3H2. The van der Waals surface area contributed by atoms with Gasteiger partial charge in [0.2, 0.25) is 0 Å². The van der Waals surface area contributed by atoms with Crippen LogP contribution in [-0.4, -0.2) is 19.0 Å². The molecule has 0 saturated heterocycles. The van der Waals surface area contributed by atoms with E-state index in [1.54, 1.807) is 11.8 Å². The molecule has 0 atom stereocenters. The Balaban J connectivity index is 2.18. The molecule has 1 heterocycles. The van der Waals surface area contributed by atoms with Gasteiger partial charge < -0.3 is 10.1 Å². The third kappa shape index (κ3) is 1.97. The van der Waals surface area contributed by atoms with Crippen molar-refractivity contribution < 1.29 is 9.53 Å². The predicted molar refractivity (Wildman–Crippen MR) is 35.7 cm³/mol. The van der Waals surface area contributed by atoms with Crippen LogP contribution in [0.5, 0.6) is 0 Å². The molecule has 9 heavy (non-hydrogen) atoms. The first kappa shape index (κ1) is 6.48. The lowest BCUT2D eigenvalue weighted by Crippen LogP contribution is -2.11. The van der Waals surface area contributed by atoms with Gasteiger partial charge in [-0.1, -0.05) is 0 Å². The van der Waals surface area contributed by atoms with Crippen LogP contribution < -0.4 is 5.32 Å². The van der Waals surface area contributed by atoms with Crippen molar-refractivity contribution in [1.29, 1.82) is 0 Å². The highest BCUT2D eigenvalue weighted by molar-refractivity contribution is 8.02. The molecule has 0 aromatic heterocycles. The topological polar surface area (TPSA) is 38.3 Å². The molecule has 0 unspecified atom stereocenters. The van der Waals surface area contributed by atoms with Crippen LogP contribution in [0.15, 0.2) is 11.1 Å². The smallest absolute Gasteiger partial charge is 0.293 e. The minimum atomic E-state index is 0.372. The Hall–Kier alpha value is -0.640. The van der Waals surface area contributed by atoms with Crippen molar-refractivity contribution in [3.05, 3.63) is 11.1 Å². The molecule has 0 aromatic carbocycles. The molecule has 1 rings (SSSR count). The van der Waals surface area contributed by atoms with E-state index < -0.39 is 0 Å². The fourth-order valence-electron chi connectivity index (χ4n) is 0.527. The highest BCUT2D eigenvalue weighted by Gasteiger charge is 2.01. The van der Waals surface area contributed by atoms with Crippen molar-refractivity contribution in [2.24, 2.45) is 0 Å². The van der Waals surface area contributed by atoms with E-state index in [9.17, 15) is 4.79 Å². The van der Waals surface area contributed by atoms with Gasteiger partial charge in [-0.2, -0.15) is 0 Å². The van der Waals surface area contributed by atoms with Crippen LogP contribution >= 0.6 is 11.8 Å². The van der Waals surface area contributed by atoms with Crippen LogP contribution in [-0.2, 0) is 9.53 Å². The van der Waals surface area contributed by atoms with E-state index in [0.717, 1.165) is 11.6 Å². The van der Waals surface area contributed by atoms with E-state index >= 15 is 0 Å². The summed E-state index contributed by atoms with van der Waals surface area (Å²) in [6.07, 6.45) is 0. The van der Waals surface area contributed by atoms with Gasteiger partial charge in [-0.05, 0) is 5.41 Å². The van der Waals surface area contributed by atoms with Crippen LogP contribution in [0.25, 0.3) is 0 Å². The highest BCUT2D eigenvalue weighted by atomic mass is 32.2. The summed E-state index contributed by atoms with van der Waals surface area (Å²) in [5.41, 5.74) is 0.979. The summed E-state index contributed by atoms with van der Waals surface area (Å²) >= 11 is 1.66. The third-order valence-corrected chi connectivity index (χ3v) is 1.68. The summed E-state index contributed by atoms with van der Waals surface area (Å²) in [7, 11) is 0. The first-order chi connectivity index (χ1) is 4.43. The molecule has 0 bridgehead atoms. The Bertz CT molecular complexity index is 135. The van der Waals surface area contributed by atoms with Gasteiger partial charge >= 0.3 is 0 Å². The van der Waals surface area contributed by atoms with Crippen molar-refractivity contribution in [1.82, 2.24) is 5.32 Å². The van der Waals surface area contributed by atoms with Crippen LogP contribution in [0.4, 0.5) is 0 Å². The lowest BCUT2D eigenvalue weighted by Gasteiger charge is -1.98. The molecule has 1 aliphatic heterocycles. The maximum Gasteiger partial charge on any atom is 0.293 e. The van der Waals surface area contributed by atoms with Gasteiger partial charge in [-0.15, -0.1) is 11.8 Å². The predicted octanol–water partition coefficient (Wildman–Crippen LogP) is 0.295. The Morgan fingerprint density at radius 1 is 2.00 bits per heavy atom. The van der Waals surface area contributed by atoms with E-state index in [1.165, 1.54) is 0 Å². The van der Waals surface area contributed by atoms with Gasteiger partial charge in [-0.25, -0.2) is 0 Å². The normalized spacial score (nSPS) is 16.2. The quantitative estimate of drug-likeness (QED) is 0.579. The zero-order valence-electron chi connectivity index (χ0n) is 4.79. The Labute approximate surface area is 57.5 Å². The summed E-state index contributed by atoms with van der Waals surface area (Å²) in [6.45, 7) is 0.821. The van der Waals surface area contributed by atoms with Gasteiger partial charge in [0.05, 0.1) is 11.6 Å². The van der Waals surface area contributed by atoms with Gasteiger partial charge in [0.15, 0.2) is 0 Å². The largest absolute Gasteiger partial charge is 0.461 e. The SMILES string of the molecule is O=COCC1=CSCN1. The maximum atomic E-state index is 9.68. The van der Waals surface area contributed by atoms with Crippen LogP contribution in [0, 0.1) is 0 Å². The molecular weight excluding hydrogens is 138 g/mol. The maximum absolute atomic E-state index is 9.68. The minimum absolute atomic E-state index is 0.372. The summed E-state index contributed by atoms with van der Waals surface area (Å²) in [6, 6.07) is 0. The minimum Gasteiger partial charge on any atom is -0.461 e. The number of thioether (sulfide) groups is 1. The fraction of sp³-hybridized carbons (Fsp3) is 0.400. The third-order valence-electron chi connectivity index (χ3n) is 0.915. The number of hydrogen-bond donors (Lipinski definition) is 1. The summed E-state index contributed by atoms with van der Waals surface area (Å²) in [5, 5.41) is 4.98. The zero-order valence-corrected chi connectivity index (χ0v) is 5.61. The molecule has 1 N–H and O–H groups in total. The Kier molecular flexibility index (Phi) is 2.45. The summed E-state index contributed by atoms with van der Waals surface area (Å²) in [5.74, 6) is 0.886. The van der Waals surface area contributed by atoms with Crippen molar-refractivity contribution in [2.45, 2.75) is 0 Å². The van der Waals surface area contributed by atoms with E-state index in [1.807, 2.05) is 5.41 Å². The second-order valence-electron chi connectivity index (χ2n) is 1.54. The van der Waals surface area contributed by atoms with Crippen LogP contribution in [0.1, 0.15) is 0 Å². The van der Waals surface area contributed by atoms with Crippen molar-refractivity contribution in [3.8, 4) is 0 Å². The first-order valence-electron chi connectivity index (χ1n) is 2.53. The average Bonchev–Trinajstić information content (AvgIpc) is 2.34. The molecular formula is C5H7NO2S. The zero-order chi connectivity index (χ0) is 6.53. The van der Waals surface area contributed by atoms with Crippen molar-refractivity contribution in [3.63, 3.8) is 0 Å². The van der Waals surface area contributed by atoms with Gasteiger partial charge in [0, 0.05) is 0 Å².